The number of benzene rings is 2. The van der Waals surface area contributed by atoms with Crippen LogP contribution in [-0.4, -0.2) is 62.4 Å². The highest BCUT2D eigenvalue weighted by Gasteiger charge is 2.31. The van der Waals surface area contributed by atoms with E-state index in [1.54, 1.807) is 4.68 Å². The van der Waals surface area contributed by atoms with Gasteiger partial charge < -0.3 is 14.7 Å². The standard InChI is InChI=1S/C20H18N4O4/c25-19(23-11-12-28-16(13-23)20(26)27)17-21-18(14-7-3-1-4-8-14)24(22-17)15-9-5-2-6-10-15/h1-10,16H,11-13H2,(H,26,27)/t16-/m1/s1. The Hall–Kier alpha value is -3.52. The summed E-state index contributed by atoms with van der Waals surface area (Å²) in [5, 5.41) is 13.6. The molecule has 0 saturated carbocycles. The predicted molar refractivity (Wildman–Crippen MR) is 100 cm³/mol. The van der Waals surface area contributed by atoms with E-state index in [1.165, 1.54) is 4.90 Å². The molecule has 1 aliphatic heterocycles. The fourth-order valence-corrected chi connectivity index (χ4v) is 3.05. The van der Waals surface area contributed by atoms with Crippen LogP contribution in [0.2, 0.25) is 0 Å². The van der Waals surface area contributed by atoms with Crippen LogP contribution in [-0.2, 0) is 9.53 Å². The summed E-state index contributed by atoms with van der Waals surface area (Å²) >= 11 is 0. The molecule has 1 aliphatic rings. The number of carboxylic acids is 1. The lowest BCUT2D eigenvalue weighted by molar-refractivity contribution is -0.154. The third-order valence-electron chi connectivity index (χ3n) is 4.46. The largest absolute Gasteiger partial charge is 0.479 e. The molecule has 0 spiro atoms. The molecule has 2 aromatic carbocycles. The highest BCUT2D eigenvalue weighted by molar-refractivity contribution is 5.91. The Balaban J connectivity index is 1.71. The second-order valence-electron chi connectivity index (χ2n) is 6.32. The van der Waals surface area contributed by atoms with Crippen molar-refractivity contribution < 1.29 is 19.4 Å². The van der Waals surface area contributed by atoms with Gasteiger partial charge in [-0.05, 0) is 12.1 Å². The van der Waals surface area contributed by atoms with Crippen LogP contribution in [0.5, 0.6) is 0 Å². The quantitative estimate of drug-likeness (QED) is 0.744. The lowest BCUT2D eigenvalue weighted by Gasteiger charge is -2.29. The van der Waals surface area contributed by atoms with Crippen LogP contribution in [0.4, 0.5) is 0 Å². The monoisotopic (exact) mass is 378 g/mol. The number of hydrogen-bond donors (Lipinski definition) is 1. The Morgan fingerprint density at radius 3 is 2.39 bits per heavy atom. The molecule has 1 saturated heterocycles. The van der Waals surface area contributed by atoms with Crippen LogP contribution < -0.4 is 0 Å². The van der Waals surface area contributed by atoms with Crippen molar-refractivity contribution in [3.63, 3.8) is 0 Å². The molecule has 1 aromatic heterocycles. The number of morpholine rings is 1. The van der Waals surface area contributed by atoms with E-state index < -0.39 is 18.0 Å². The third kappa shape index (κ3) is 3.49. The maximum atomic E-state index is 12.9. The molecule has 1 amide bonds. The Morgan fingerprint density at radius 2 is 1.71 bits per heavy atom. The number of nitrogens with zero attached hydrogens (tertiary/aromatic N) is 4. The van der Waals surface area contributed by atoms with Gasteiger partial charge in [-0.25, -0.2) is 14.5 Å². The number of ether oxygens (including phenoxy) is 1. The van der Waals surface area contributed by atoms with Crippen LogP contribution in [0, 0.1) is 0 Å². The minimum atomic E-state index is -1.09. The number of aliphatic carboxylic acids is 1. The zero-order valence-electron chi connectivity index (χ0n) is 14.9. The van der Waals surface area contributed by atoms with Crippen LogP contribution in [0.25, 0.3) is 17.1 Å². The first-order valence-corrected chi connectivity index (χ1v) is 8.85. The van der Waals surface area contributed by atoms with Gasteiger partial charge in [-0.15, -0.1) is 5.10 Å². The molecule has 1 atom stereocenters. The molecule has 0 bridgehead atoms. The number of hydrogen-bond acceptors (Lipinski definition) is 5. The summed E-state index contributed by atoms with van der Waals surface area (Å²) in [6, 6.07) is 18.9. The van der Waals surface area contributed by atoms with Gasteiger partial charge in [0.1, 0.15) is 0 Å². The van der Waals surface area contributed by atoms with E-state index in [0.29, 0.717) is 12.4 Å². The van der Waals surface area contributed by atoms with Gasteiger partial charge in [0.25, 0.3) is 5.91 Å². The van der Waals surface area contributed by atoms with Gasteiger partial charge in [0, 0.05) is 12.1 Å². The molecule has 3 aromatic rings. The topological polar surface area (TPSA) is 97.6 Å². The SMILES string of the molecule is O=C(O)[C@H]1CN(C(=O)c2nc(-c3ccccc3)n(-c3ccccc3)n2)CCO1. The second-order valence-corrected chi connectivity index (χ2v) is 6.32. The predicted octanol–water partition coefficient (Wildman–Crippen LogP) is 1.86. The maximum Gasteiger partial charge on any atom is 0.334 e. The summed E-state index contributed by atoms with van der Waals surface area (Å²) in [4.78, 5) is 30.0. The molecule has 0 aliphatic carbocycles. The Morgan fingerprint density at radius 1 is 1.04 bits per heavy atom. The van der Waals surface area contributed by atoms with Crippen LogP contribution >= 0.6 is 0 Å². The average Bonchev–Trinajstić information content (AvgIpc) is 3.20. The number of carbonyl (C=O) groups is 2. The van der Waals surface area contributed by atoms with E-state index >= 15 is 0 Å². The fourth-order valence-electron chi connectivity index (χ4n) is 3.05. The van der Waals surface area contributed by atoms with Gasteiger partial charge in [0.2, 0.25) is 5.82 Å². The van der Waals surface area contributed by atoms with Crippen molar-refractivity contribution in [1.82, 2.24) is 19.7 Å². The van der Waals surface area contributed by atoms with Gasteiger partial charge in [-0.1, -0.05) is 48.5 Å². The van der Waals surface area contributed by atoms with Crippen molar-refractivity contribution in [2.75, 3.05) is 19.7 Å². The lowest BCUT2D eigenvalue weighted by Crippen LogP contribution is -2.48. The summed E-state index contributed by atoms with van der Waals surface area (Å²) in [5.74, 6) is -0.946. The van der Waals surface area contributed by atoms with E-state index in [9.17, 15) is 9.59 Å². The van der Waals surface area contributed by atoms with Gasteiger partial charge >= 0.3 is 5.97 Å². The summed E-state index contributed by atoms with van der Waals surface area (Å²) in [6.07, 6.45) is -1.04. The molecular weight excluding hydrogens is 360 g/mol. The number of amides is 1. The maximum absolute atomic E-state index is 12.9. The van der Waals surface area contributed by atoms with Crippen LogP contribution in [0.1, 0.15) is 10.6 Å². The third-order valence-corrected chi connectivity index (χ3v) is 4.46. The zero-order valence-corrected chi connectivity index (χ0v) is 14.9. The van der Waals surface area contributed by atoms with Crippen molar-refractivity contribution in [2.24, 2.45) is 0 Å². The van der Waals surface area contributed by atoms with E-state index in [0.717, 1.165) is 11.3 Å². The first-order valence-electron chi connectivity index (χ1n) is 8.85. The number of para-hydroxylation sites is 1. The molecular formula is C20H18N4O4. The van der Waals surface area contributed by atoms with Crippen molar-refractivity contribution in [3.05, 3.63) is 66.5 Å². The molecule has 4 rings (SSSR count). The van der Waals surface area contributed by atoms with Crippen molar-refractivity contribution >= 4 is 11.9 Å². The Kier molecular flexibility index (Phi) is 4.86. The smallest absolute Gasteiger partial charge is 0.334 e. The van der Waals surface area contributed by atoms with E-state index in [1.807, 2.05) is 60.7 Å². The van der Waals surface area contributed by atoms with Gasteiger partial charge in [-0.3, -0.25) is 4.79 Å². The number of carboxylic acid groups (broad SMARTS) is 1. The van der Waals surface area contributed by atoms with Crippen LogP contribution in [0.3, 0.4) is 0 Å². The van der Waals surface area contributed by atoms with Gasteiger partial charge in [-0.2, -0.15) is 0 Å². The normalized spacial score (nSPS) is 16.7. The van der Waals surface area contributed by atoms with Gasteiger partial charge in [0.05, 0.1) is 18.8 Å². The average molecular weight is 378 g/mol. The molecule has 0 unspecified atom stereocenters. The first kappa shape index (κ1) is 17.9. The highest BCUT2D eigenvalue weighted by Crippen LogP contribution is 2.22. The second kappa shape index (κ2) is 7.61. The van der Waals surface area contributed by atoms with E-state index in [4.69, 9.17) is 9.84 Å². The minimum Gasteiger partial charge on any atom is -0.479 e. The van der Waals surface area contributed by atoms with Gasteiger partial charge in [0.15, 0.2) is 11.9 Å². The van der Waals surface area contributed by atoms with Crippen LogP contribution in [0.15, 0.2) is 60.7 Å². The number of aromatic nitrogens is 3. The first-order chi connectivity index (χ1) is 13.6. The van der Waals surface area contributed by atoms with E-state index in [-0.39, 0.29) is 19.0 Å². The summed E-state index contributed by atoms with van der Waals surface area (Å²) in [6.45, 7) is 0.422. The van der Waals surface area contributed by atoms with E-state index in [2.05, 4.69) is 10.1 Å². The molecule has 142 valence electrons. The molecule has 28 heavy (non-hydrogen) atoms. The van der Waals surface area contributed by atoms with Crippen molar-refractivity contribution in [1.29, 1.82) is 0 Å². The zero-order chi connectivity index (χ0) is 19.5. The molecule has 8 heteroatoms. The molecule has 8 nitrogen and oxygen atoms in total. The molecule has 1 fully saturated rings. The highest BCUT2D eigenvalue weighted by atomic mass is 16.5. The van der Waals surface area contributed by atoms with Crippen molar-refractivity contribution in [3.8, 4) is 17.1 Å². The lowest BCUT2D eigenvalue weighted by atomic mass is 10.2. The number of rotatable bonds is 4. The molecule has 1 N–H and O–H groups in total. The summed E-state index contributed by atoms with van der Waals surface area (Å²) in [7, 11) is 0. The Bertz CT molecular complexity index is 931. The van der Waals surface area contributed by atoms with Crippen molar-refractivity contribution in [2.45, 2.75) is 6.10 Å². The Labute approximate surface area is 161 Å². The molecule has 0 radical (unpaired) electrons. The summed E-state index contributed by atoms with van der Waals surface area (Å²) < 4.78 is 6.81. The summed E-state index contributed by atoms with van der Waals surface area (Å²) in [5.41, 5.74) is 1.60. The minimum absolute atomic E-state index is 0.0220. The number of carbonyl (C=O) groups excluding carboxylic acids is 1. The molecule has 2 heterocycles. The fraction of sp³-hybridized carbons (Fsp3) is 0.200.